The molecular weight excluding hydrogens is 551 g/mol. The first-order valence-electron chi connectivity index (χ1n) is 14.7. The molecule has 1 aromatic carbocycles. The van der Waals surface area contributed by atoms with Crippen LogP contribution < -0.4 is 20.3 Å². The summed E-state index contributed by atoms with van der Waals surface area (Å²) in [5.74, 6) is 1.40. The molecule has 228 valence electrons. The number of ether oxygens (including phenoxy) is 1. The predicted octanol–water partition coefficient (Wildman–Crippen LogP) is 3.77. The van der Waals surface area contributed by atoms with E-state index in [-0.39, 0.29) is 17.6 Å². The molecule has 0 unspecified atom stereocenters. The van der Waals surface area contributed by atoms with Gasteiger partial charge >= 0.3 is 6.18 Å². The minimum Gasteiger partial charge on any atom is -0.489 e. The minimum atomic E-state index is -4.86. The van der Waals surface area contributed by atoms with Crippen molar-refractivity contribution in [2.75, 3.05) is 49.5 Å². The van der Waals surface area contributed by atoms with Gasteiger partial charge in [0.15, 0.2) is 17.7 Å². The van der Waals surface area contributed by atoms with Gasteiger partial charge in [-0.1, -0.05) is 0 Å². The topological polar surface area (TPSA) is 107 Å². The number of carbonyl (C=O) groups excluding carboxylic acids is 2. The van der Waals surface area contributed by atoms with Crippen LogP contribution in [-0.4, -0.2) is 84.5 Å². The van der Waals surface area contributed by atoms with Gasteiger partial charge in [-0.15, -0.1) is 0 Å². The first kappa shape index (κ1) is 30.1. The van der Waals surface area contributed by atoms with Crippen molar-refractivity contribution in [1.29, 1.82) is 0 Å². The molecule has 0 spiro atoms. The number of amides is 2. The van der Waals surface area contributed by atoms with Gasteiger partial charge in [-0.25, -0.2) is 4.98 Å². The molecule has 0 bridgehead atoms. The second-order valence-corrected chi connectivity index (χ2v) is 11.4. The number of aliphatic hydroxyl groups is 1. The van der Waals surface area contributed by atoms with Gasteiger partial charge in [-0.2, -0.15) is 13.2 Å². The molecular formula is C30H38F3N5O4. The fraction of sp³-hybridized carbons (Fsp3) is 0.567. The van der Waals surface area contributed by atoms with Crippen LogP contribution in [0.25, 0.3) is 0 Å². The lowest BCUT2D eigenvalue weighted by atomic mass is 9.84. The summed E-state index contributed by atoms with van der Waals surface area (Å²) in [6.45, 7) is 5.72. The SMILES string of the molecule is O=C(C[C@@H](O)C(F)(F)F)Nc1ccc(C(=O)NC2CCC(CCN3CCN(c4nccc5c4OCC5)CC3)CC2)cc1. The number of aliphatic hydroxyl groups excluding tert-OH is 1. The highest BCUT2D eigenvalue weighted by Gasteiger charge is 2.39. The van der Waals surface area contributed by atoms with Gasteiger partial charge in [-0.05, 0) is 74.9 Å². The number of pyridine rings is 1. The number of anilines is 2. The predicted molar refractivity (Wildman–Crippen MR) is 152 cm³/mol. The van der Waals surface area contributed by atoms with E-state index in [1.54, 1.807) is 0 Å². The fourth-order valence-corrected chi connectivity index (χ4v) is 5.94. The third kappa shape index (κ3) is 7.71. The van der Waals surface area contributed by atoms with Crippen molar-refractivity contribution >= 4 is 23.3 Å². The Bertz CT molecular complexity index is 1230. The average molecular weight is 590 g/mol. The van der Waals surface area contributed by atoms with Crippen LogP contribution in [0.5, 0.6) is 5.75 Å². The zero-order valence-corrected chi connectivity index (χ0v) is 23.5. The summed E-state index contributed by atoms with van der Waals surface area (Å²) in [4.78, 5) is 33.9. The summed E-state index contributed by atoms with van der Waals surface area (Å²) in [5.41, 5.74) is 1.91. The van der Waals surface area contributed by atoms with Crippen LogP contribution in [0.3, 0.4) is 0 Å². The average Bonchev–Trinajstić information content (AvgIpc) is 3.46. The molecule has 12 heteroatoms. The van der Waals surface area contributed by atoms with E-state index >= 15 is 0 Å². The van der Waals surface area contributed by atoms with E-state index in [2.05, 4.69) is 25.4 Å². The zero-order valence-electron chi connectivity index (χ0n) is 23.5. The van der Waals surface area contributed by atoms with E-state index in [9.17, 15) is 22.8 Å². The standard InChI is InChI=1S/C30H38F3N5O4/c31-30(32,33)25(39)19-26(40)35-23-7-3-22(4-8-23)29(41)36-24-5-1-20(2-6-24)10-13-37-14-16-38(17-15-37)28-27-21(9-12-34-28)11-18-42-27/h3-4,7-9,12,20,24-25,39H,1-2,5-6,10-11,13-19H2,(H,35,40)(H,36,41)/t20?,24?,25-/m1/s1. The molecule has 1 aromatic heterocycles. The van der Waals surface area contributed by atoms with Crippen molar-refractivity contribution in [3.8, 4) is 5.75 Å². The molecule has 3 heterocycles. The maximum atomic E-state index is 12.7. The Morgan fingerprint density at radius 1 is 1.05 bits per heavy atom. The molecule has 1 aliphatic carbocycles. The monoisotopic (exact) mass is 589 g/mol. The number of rotatable bonds is 9. The van der Waals surface area contributed by atoms with Crippen LogP contribution in [0.4, 0.5) is 24.7 Å². The lowest BCUT2D eigenvalue weighted by Gasteiger charge is -2.37. The van der Waals surface area contributed by atoms with Crippen molar-refractivity contribution in [2.45, 2.75) is 63.3 Å². The molecule has 42 heavy (non-hydrogen) atoms. The van der Waals surface area contributed by atoms with Gasteiger partial charge in [0.05, 0.1) is 13.0 Å². The Labute approximate surface area is 243 Å². The second-order valence-electron chi connectivity index (χ2n) is 11.4. The van der Waals surface area contributed by atoms with Crippen molar-refractivity contribution in [3.63, 3.8) is 0 Å². The van der Waals surface area contributed by atoms with Gasteiger partial charge in [0.25, 0.3) is 5.91 Å². The Hall–Kier alpha value is -3.38. The van der Waals surface area contributed by atoms with Gasteiger partial charge in [0.2, 0.25) is 5.91 Å². The number of hydrogen-bond donors (Lipinski definition) is 3. The highest BCUT2D eigenvalue weighted by atomic mass is 19.4. The Balaban J connectivity index is 0.985. The van der Waals surface area contributed by atoms with E-state index < -0.39 is 24.6 Å². The van der Waals surface area contributed by atoms with Gasteiger partial charge in [0, 0.05) is 61.7 Å². The molecule has 1 saturated heterocycles. The molecule has 0 radical (unpaired) electrons. The Kier molecular flexibility index (Phi) is 9.52. The molecule has 1 atom stereocenters. The normalized spacial score (nSPS) is 21.8. The number of aromatic nitrogens is 1. The number of benzene rings is 1. The van der Waals surface area contributed by atoms with Crippen LogP contribution >= 0.6 is 0 Å². The Morgan fingerprint density at radius 3 is 2.45 bits per heavy atom. The number of carbonyl (C=O) groups is 2. The first-order chi connectivity index (χ1) is 20.2. The molecule has 2 aromatic rings. The summed E-state index contributed by atoms with van der Waals surface area (Å²) >= 11 is 0. The molecule has 2 amide bonds. The number of halogens is 3. The lowest BCUT2D eigenvalue weighted by molar-refractivity contribution is -0.205. The quantitative estimate of drug-likeness (QED) is 0.409. The van der Waals surface area contributed by atoms with E-state index in [4.69, 9.17) is 9.84 Å². The molecule has 2 fully saturated rings. The van der Waals surface area contributed by atoms with Crippen LogP contribution in [0.1, 0.15) is 54.4 Å². The number of fused-ring (bicyclic) bond motifs is 1. The summed E-state index contributed by atoms with van der Waals surface area (Å²) in [7, 11) is 0. The summed E-state index contributed by atoms with van der Waals surface area (Å²) in [6.07, 6.45) is -0.702. The van der Waals surface area contributed by atoms with E-state index in [1.165, 1.54) is 29.8 Å². The summed E-state index contributed by atoms with van der Waals surface area (Å²) in [6, 6.07) is 8.10. The highest BCUT2D eigenvalue weighted by Crippen LogP contribution is 2.35. The van der Waals surface area contributed by atoms with Gasteiger partial charge < -0.3 is 25.4 Å². The summed E-state index contributed by atoms with van der Waals surface area (Å²) < 4.78 is 43.1. The number of nitrogens with zero attached hydrogens (tertiary/aromatic N) is 3. The van der Waals surface area contributed by atoms with Crippen molar-refractivity contribution in [3.05, 3.63) is 47.7 Å². The van der Waals surface area contributed by atoms with E-state index in [1.807, 2.05) is 12.3 Å². The third-order valence-corrected chi connectivity index (χ3v) is 8.48. The fourth-order valence-electron chi connectivity index (χ4n) is 5.94. The second kappa shape index (κ2) is 13.3. The van der Waals surface area contributed by atoms with Gasteiger partial charge in [-0.3, -0.25) is 14.5 Å². The van der Waals surface area contributed by atoms with E-state index in [0.717, 1.165) is 89.4 Å². The van der Waals surface area contributed by atoms with Crippen LogP contribution in [0.15, 0.2) is 36.5 Å². The zero-order chi connectivity index (χ0) is 29.7. The van der Waals surface area contributed by atoms with E-state index in [0.29, 0.717) is 11.5 Å². The molecule has 2 aliphatic heterocycles. The summed E-state index contributed by atoms with van der Waals surface area (Å²) in [5, 5.41) is 14.4. The smallest absolute Gasteiger partial charge is 0.414 e. The molecule has 9 nitrogen and oxygen atoms in total. The minimum absolute atomic E-state index is 0.0999. The Morgan fingerprint density at radius 2 is 1.76 bits per heavy atom. The van der Waals surface area contributed by atoms with Crippen LogP contribution in [0, 0.1) is 5.92 Å². The number of piperazine rings is 1. The maximum Gasteiger partial charge on any atom is 0.414 e. The number of alkyl halides is 3. The molecule has 1 saturated carbocycles. The van der Waals surface area contributed by atoms with Crippen molar-refractivity contribution in [2.24, 2.45) is 5.92 Å². The van der Waals surface area contributed by atoms with Crippen LogP contribution in [0.2, 0.25) is 0 Å². The lowest BCUT2D eigenvalue weighted by Crippen LogP contribution is -2.47. The third-order valence-electron chi connectivity index (χ3n) is 8.48. The van der Waals surface area contributed by atoms with Crippen molar-refractivity contribution in [1.82, 2.24) is 15.2 Å². The molecule has 5 rings (SSSR count). The molecule has 3 N–H and O–H groups in total. The van der Waals surface area contributed by atoms with Crippen LogP contribution in [-0.2, 0) is 11.2 Å². The first-order valence-corrected chi connectivity index (χ1v) is 14.7. The van der Waals surface area contributed by atoms with Crippen molar-refractivity contribution < 1.29 is 32.6 Å². The number of hydrogen-bond acceptors (Lipinski definition) is 7. The molecule has 3 aliphatic rings. The number of nitrogens with one attached hydrogen (secondary N) is 2. The van der Waals surface area contributed by atoms with Gasteiger partial charge in [0.1, 0.15) is 0 Å². The highest BCUT2D eigenvalue weighted by molar-refractivity contribution is 5.96. The largest absolute Gasteiger partial charge is 0.489 e. The maximum absolute atomic E-state index is 12.7.